The van der Waals surface area contributed by atoms with Crippen molar-refractivity contribution in [2.45, 2.75) is 39.3 Å². The van der Waals surface area contributed by atoms with Crippen LogP contribution in [0.2, 0.25) is 0 Å². The van der Waals surface area contributed by atoms with Crippen molar-refractivity contribution >= 4 is 18.3 Å². The van der Waals surface area contributed by atoms with Gasteiger partial charge in [-0.3, -0.25) is 4.79 Å². The van der Waals surface area contributed by atoms with Gasteiger partial charge in [0.1, 0.15) is 5.75 Å². The third kappa shape index (κ3) is 5.39. The van der Waals surface area contributed by atoms with Gasteiger partial charge in [0.05, 0.1) is 19.2 Å². The van der Waals surface area contributed by atoms with E-state index in [0.29, 0.717) is 5.92 Å². The molecule has 20 heavy (non-hydrogen) atoms. The van der Waals surface area contributed by atoms with Crippen molar-refractivity contribution in [2.75, 3.05) is 7.11 Å². The van der Waals surface area contributed by atoms with Gasteiger partial charge in [-0.05, 0) is 25.3 Å². The molecule has 1 amide bonds. The van der Waals surface area contributed by atoms with Crippen molar-refractivity contribution in [3.05, 3.63) is 29.8 Å². The van der Waals surface area contributed by atoms with Gasteiger partial charge in [-0.2, -0.15) is 0 Å². The second-order valence-electron chi connectivity index (χ2n) is 5.22. The zero-order chi connectivity index (χ0) is 14.4. The van der Waals surface area contributed by atoms with Gasteiger partial charge in [0.25, 0.3) is 0 Å². The van der Waals surface area contributed by atoms with E-state index < -0.39 is 6.04 Å². The number of para-hydroxylation sites is 1. The van der Waals surface area contributed by atoms with E-state index in [1.54, 1.807) is 14.0 Å². The highest BCUT2D eigenvalue weighted by Gasteiger charge is 2.20. The third-order valence-electron chi connectivity index (χ3n) is 2.95. The van der Waals surface area contributed by atoms with E-state index in [4.69, 9.17) is 10.5 Å². The zero-order valence-electron chi connectivity index (χ0n) is 12.6. The van der Waals surface area contributed by atoms with Crippen LogP contribution in [0.25, 0.3) is 0 Å². The summed E-state index contributed by atoms with van der Waals surface area (Å²) in [6, 6.07) is 7.17. The summed E-state index contributed by atoms with van der Waals surface area (Å²) in [6.45, 7) is 5.94. The molecule has 0 fully saturated rings. The number of ether oxygens (including phenoxy) is 1. The lowest BCUT2D eigenvalue weighted by molar-refractivity contribution is -0.122. The van der Waals surface area contributed by atoms with Crippen molar-refractivity contribution in [2.24, 2.45) is 11.7 Å². The van der Waals surface area contributed by atoms with E-state index in [9.17, 15) is 4.79 Å². The molecule has 114 valence electrons. The number of carbonyl (C=O) groups excluding carboxylic acids is 1. The molecular weight excluding hydrogens is 276 g/mol. The molecule has 0 bridgehead atoms. The van der Waals surface area contributed by atoms with Crippen molar-refractivity contribution in [3.8, 4) is 5.75 Å². The Kier molecular flexibility index (Phi) is 8.26. The predicted molar refractivity (Wildman–Crippen MR) is 84.2 cm³/mol. The second-order valence-corrected chi connectivity index (χ2v) is 5.22. The molecule has 0 saturated heterocycles. The smallest absolute Gasteiger partial charge is 0.237 e. The average Bonchev–Trinajstić information content (AvgIpc) is 2.37. The summed E-state index contributed by atoms with van der Waals surface area (Å²) in [5, 5.41) is 2.99. The summed E-state index contributed by atoms with van der Waals surface area (Å²) in [7, 11) is 1.64. The Morgan fingerprint density at radius 1 is 1.30 bits per heavy atom. The van der Waals surface area contributed by atoms with E-state index in [2.05, 4.69) is 19.2 Å². The lowest BCUT2D eigenvalue weighted by atomic mass is 9.96. The number of nitrogens with one attached hydrogen (secondary N) is 1. The molecule has 0 aliphatic carbocycles. The van der Waals surface area contributed by atoms with Gasteiger partial charge in [-0.25, -0.2) is 0 Å². The summed E-state index contributed by atoms with van der Waals surface area (Å²) < 4.78 is 5.37. The topological polar surface area (TPSA) is 64.3 Å². The van der Waals surface area contributed by atoms with Crippen LogP contribution < -0.4 is 15.8 Å². The van der Waals surface area contributed by atoms with Crippen molar-refractivity contribution in [1.29, 1.82) is 0 Å². The molecule has 0 heterocycles. The third-order valence-corrected chi connectivity index (χ3v) is 2.95. The number of amides is 1. The van der Waals surface area contributed by atoms with E-state index >= 15 is 0 Å². The first-order valence-corrected chi connectivity index (χ1v) is 6.64. The summed E-state index contributed by atoms with van der Waals surface area (Å²) in [5.41, 5.74) is 6.61. The molecule has 0 aliphatic heterocycles. The van der Waals surface area contributed by atoms with Crippen LogP contribution in [-0.4, -0.2) is 19.1 Å². The lowest BCUT2D eigenvalue weighted by Gasteiger charge is -2.23. The number of nitrogens with two attached hydrogens (primary N) is 1. The van der Waals surface area contributed by atoms with Crippen molar-refractivity contribution in [1.82, 2.24) is 5.32 Å². The maximum absolute atomic E-state index is 11.8. The Hall–Kier alpha value is -1.26. The molecule has 4 nitrogen and oxygen atoms in total. The fraction of sp³-hybridized carbons (Fsp3) is 0.533. The van der Waals surface area contributed by atoms with Crippen LogP contribution in [0.1, 0.15) is 38.8 Å². The van der Waals surface area contributed by atoms with E-state index in [0.717, 1.165) is 17.7 Å². The normalized spacial score (nSPS) is 13.3. The standard InChI is InChI=1S/C15H24N2O2.ClH/c1-10(2)9-13(17-15(18)11(3)16)12-7-5-6-8-14(12)19-4;/h5-8,10-11,13H,9,16H2,1-4H3,(H,17,18);1H/t11-,13?;/m0./s1. The van der Waals surface area contributed by atoms with Crippen LogP contribution in [-0.2, 0) is 4.79 Å². The molecule has 0 radical (unpaired) electrons. The number of methoxy groups -OCH3 is 1. The highest BCUT2D eigenvalue weighted by molar-refractivity contribution is 5.85. The van der Waals surface area contributed by atoms with Crippen LogP contribution >= 0.6 is 12.4 Å². The first-order valence-electron chi connectivity index (χ1n) is 6.64. The molecule has 3 N–H and O–H groups in total. The Balaban J connectivity index is 0.00000361. The summed E-state index contributed by atoms with van der Waals surface area (Å²) >= 11 is 0. The van der Waals surface area contributed by atoms with Crippen molar-refractivity contribution < 1.29 is 9.53 Å². The number of rotatable bonds is 6. The van der Waals surface area contributed by atoms with Crippen molar-refractivity contribution in [3.63, 3.8) is 0 Å². The summed E-state index contributed by atoms with van der Waals surface area (Å²) in [6.07, 6.45) is 0.846. The van der Waals surface area contributed by atoms with Crippen LogP contribution in [0.15, 0.2) is 24.3 Å². The number of benzene rings is 1. The quantitative estimate of drug-likeness (QED) is 0.849. The fourth-order valence-electron chi connectivity index (χ4n) is 1.99. The van der Waals surface area contributed by atoms with E-state index in [-0.39, 0.29) is 24.4 Å². The Bertz CT molecular complexity index is 422. The maximum Gasteiger partial charge on any atom is 0.237 e. The highest BCUT2D eigenvalue weighted by Crippen LogP contribution is 2.29. The number of hydrogen-bond donors (Lipinski definition) is 2. The van der Waals surface area contributed by atoms with Gasteiger partial charge in [0, 0.05) is 5.56 Å². The largest absolute Gasteiger partial charge is 0.496 e. The molecular formula is C15H25ClN2O2. The first kappa shape index (κ1) is 18.7. The Morgan fingerprint density at radius 2 is 1.90 bits per heavy atom. The highest BCUT2D eigenvalue weighted by atomic mass is 35.5. The minimum atomic E-state index is -0.510. The molecule has 1 aromatic rings. The molecule has 5 heteroatoms. The van der Waals surface area contributed by atoms with Crippen LogP contribution in [0.5, 0.6) is 5.75 Å². The predicted octanol–water partition coefficient (Wildman–Crippen LogP) is 2.67. The summed E-state index contributed by atoms with van der Waals surface area (Å²) in [5.74, 6) is 1.11. The van der Waals surface area contributed by atoms with E-state index in [1.807, 2.05) is 24.3 Å². The second kappa shape index (κ2) is 8.82. The van der Waals surface area contributed by atoms with Gasteiger partial charge in [-0.1, -0.05) is 32.0 Å². The number of halogens is 1. The monoisotopic (exact) mass is 300 g/mol. The molecule has 1 rings (SSSR count). The fourth-order valence-corrected chi connectivity index (χ4v) is 1.99. The van der Waals surface area contributed by atoms with Gasteiger partial charge < -0.3 is 15.8 Å². The van der Waals surface area contributed by atoms with Gasteiger partial charge in [-0.15, -0.1) is 12.4 Å². The average molecular weight is 301 g/mol. The summed E-state index contributed by atoms with van der Waals surface area (Å²) in [4.78, 5) is 11.8. The number of hydrogen-bond acceptors (Lipinski definition) is 3. The minimum absolute atomic E-state index is 0. The van der Waals surface area contributed by atoms with Crippen LogP contribution in [0.3, 0.4) is 0 Å². The molecule has 1 unspecified atom stereocenters. The van der Waals surface area contributed by atoms with Crippen LogP contribution in [0, 0.1) is 5.92 Å². The lowest BCUT2D eigenvalue weighted by Crippen LogP contribution is -2.40. The molecule has 0 aromatic heterocycles. The SMILES string of the molecule is COc1ccccc1C(CC(C)C)NC(=O)[C@H](C)N.Cl. The Morgan fingerprint density at radius 3 is 2.40 bits per heavy atom. The first-order chi connectivity index (χ1) is 8.95. The van der Waals surface area contributed by atoms with E-state index in [1.165, 1.54) is 0 Å². The van der Waals surface area contributed by atoms with Crippen LogP contribution in [0.4, 0.5) is 0 Å². The number of carbonyl (C=O) groups is 1. The molecule has 0 aliphatic rings. The van der Waals surface area contributed by atoms with Gasteiger partial charge >= 0.3 is 0 Å². The molecule has 1 aromatic carbocycles. The zero-order valence-corrected chi connectivity index (χ0v) is 13.4. The molecule has 2 atom stereocenters. The van der Waals surface area contributed by atoms with Gasteiger partial charge in [0.2, 0.25) is 5.91 Å². The molecule has 0 spiro atoms. The minimum Gasteiger partial charge on any atom is -0.496 e. The maximum atomic E-state index is 11.8. The van der Waals surface area contributed by atoms with Gasteiger partial charge in [0.15, 0.2) is 0 Å². The molecule has 0 saturated carbocycles. The Labute approximate surface area is 127 Å².